The molecule has 1 heterocycles. The first-order chi connectivity index (χ1) is 15.5. The molecule has 7 N–H and O–H groups in total. The van der Waals surface area contributed by atoms with E-state index in [0.717, 1.165) is 0 Å². The molecule has 0 bridgehead atoms. The van der Waals surface area contributed by atoms with Gasteiger partial charge in [-0.05, 0) is 50.0 Å². The van der Waals surface area contributed by atoms with E-state index in [0.29, 0.717) is 38.0 Å². The Labute approximate surface area is 198 Å². The molecule has 0 saturated carbocycles. The van der Waals surface area contributed by atoms with Gasteiger partial charge in [0.1, 0.15) is 18.1 Å². The number of hydrogen-bond acceptors (Lipinski definition) is 7. The quantitative estimate of drug-likeness (QED) is 0.215. The highest BCUT2D eigenvalue weighted by Crippen LogP contribution is 2.21. The highest BCUT2D eigenvalue weighted by atomic mass is 32.2. The molecule has 11 nitrogen and oxygen atoms in total. The van der Waals surface area contributed by atoms with Crippen LogP contribution in [-0.4, -0.2) is 82.3 Å². The predicted octanol–water partition coefficient (Wildman–Crippen LogP) is -0.576. The van der Waals surface area contributed by atoms with Gasteiger partial charge in [0.15, 0.2) is 0 Å². The van der Waals surface area contributed by atoms with E-state index >= 15 is 0 Å². The average molecular weight is 488 g/mol. The fraction of sp³-hybridized carbons (Fsp3) is 0.762. The van der Waals surface area contributed by atoms with Crippen molar-refractivity contribution in [3.63, 3.8) is 0 Å². The second-order valence-electron chi connectivity index (χ2n) is 8.67. The lowest BCUT2D eigenvalue weighted by atomic mass is 10.0. The molecule has 0 aromatic carbocycles. The molecule has 4 amide bonds. The Morgan fingerprint density at radius 2 is 1.79 bits per heavy atom. The predicted molar refractivity (Wildman–Crippen MR) is 125 cm³/mol. The number of carboxylic acid groups (broad SMARTS) is 1. The summed E-state index contributed by atoms with van der Waals surface area (Å²) in [4.78, 5) is 62.5. The van der Waals surface area contributed by atoms with Gasteiger partial charge in [0.25, 0.3) is 0 Å². The summed E-state index contributed by atoms with van der Waals surface area (Å²) in [5, 5.41) is 14.5. The lowest BCUT2D eigenvalue weighted by molar-refractivity contribution is -0.145. The Balaban J connectivity index is 2.91. The Hall–Kier alpha value is -2.34. The van der Waals surface area contributed by atoms with E-state index in [1.165, 1.54) is 4.90 Å². The maximum Gasteiger partial charge on any atom is 0.326 e. The summed E-state index contributed by atoms with van der Waals surface area (Å²) in [6.07, 6.45) is 3.37. The van der Waals surface area contributed by atoms with Gasteiger partial charge in [-0.3, -0.25) is 19.2 Å². The monoisotopic (exact) mass is 487 g/mol. The van der Waals surface area contributed by atoms with Crippen LogP contribution in [0.5, 0.6) is 0 Å². The first-order valence-corrected chi connectivity index (χ1v) is 12.5. The fourth-order valence-electron chi connectivity index (χ4n) is 3.66. The molecule has 1 aliphatic heterocycles. The van der Waals surface area contributed by atoms with Crippen molar-refractivity contribution >= 4 is 41.4 Å². The highest BCUT2D eigenvalue weighted by Gasteiger charge is 2.39. The third-order valence-electron chi connectivity index (χ3n) is 5.42. The van der Waals surface area contributed by atoms with E-state index in [1.54, 1.807) is 11.8 Å². The van der Waals surface area contributed by atoms with Crippen LogP contribution in [0.1, 0.15) is 52.4 Å². The maximum absolute atomic E-state index is 13.3. The summed E-state index contributed by atoms with van der Waals surface area (Å²) in [5.74, 6) is -2.56. The summed E-state index contributed by atoms with van der Waals surface area (Å²) in [7, 11) is 0. The van der Waals surface area contributed by atoms with Crippen molar-refractivity contribution in [3.05, 3.63) is 0 Å². The van der Waals surface area contributed by atoms with Gasteiger partial charge < -0.3 is 32.1 Å². The van der Waals surface area contributed by atoms with Crippen molar-refractivity contribution < 1.29 is 29.1 Å². The van der Waals surface area contributed by atoms with Crippen molar-refractivity contribution in [2.24, 2.45) is 17.4 Å². The van der Waals surface area contributed by atoms with E-state index in [-0.39, 0.29) is 18.8 Å². The van der Waals surface area contributed by atoms with Crippen LogP contribution in [0.4, 0.5) is 0 Å². The molecular weight excluding hydrogens is 450 g/mol. The van der Waals surface area contributed by atoms with Gasteiger partial charge in [0, 0.05) is 13.0 Å². The number of thioether (sulfide) groups is 1. The molecule has 0 aliphatic carbocycles. The zero-order valence-corrected chi connectivity index (χ0v) is 20.4. The number of aliphatic carboxylic acids is 1. The lowest BCUT2D eigenvalue weighted by Gasteiger charge is -2.30. The Kier molecular flexibility index (Phi) is 12.2. The van der Waals surface area contributed by atoms with Crippen LogP contribution in [-0.2, 0) is 24.0 Å². The minimum Gasteiger partial charge on any atom is -0.480 e. The summed E-state index contributed by atoms with van der Waals surface area (Å²) < 4.78 is 0. The summed E-state index contributed by atoms with van der Waals surface area (Å²) in [5.41, 5.74) is 11.0. The van der Waals surface area contributed by atoms with Crippen LogP contribution in [0.2, 0.25) is 0 Å². The molecule has 0 aromatic rings. The van der Waals surface area contributed by atoms with Gasteiger partial charge in [0.2, 0.25) is 23.6 Å². The third kappa shape index (κ3) is 9.58. The molecule has 4 unspecified atom stereocenters. The minimum atomic E-state index is -1.29. The summed E-state index contributed by atoms with van der Waals surface area (Å²) >= 11 is 1.57. The number of hydrogen-bond donors (Lipinski definition) is 5. The van der Waals surface area contributed by atoms with E-state index in [1.807, 2.05) is 20.1 Å². The SMILES string of the molecule is CSCCC(N)C(=O)NC(CC(C)C)C(=O)N1CCCC1C(=O)NC(CCC(N)=O)C(=O)O. The van der Waals surface area contributed by atoms with Crippen molar-refractivity contribution in [2.75, 3.05) is 18.6 Å². The van der Waals surface area contributed by atoms with Crippen LogP contribution in [0.15, 0.2) is 0 Å². The van der Waals surface area contributed by atoms with Crippen LogP contribution in [0.3, 0.4) is 0 Å². The molecular formula is C21H37N5O6S. The van der Waals surface area contributed by atoms with Gasteiger partial charge in [-0.2, -0.15) is 11.8 Å². The van der Waals surface area contributed by atoms with Crippen molar-refractivity contribution in [2.45, 2.75) is 76.5 Å². The second kappa shape index (κ2) is 14.0. The molecule has 1 aliphatic rings. The van der Waals surface area contributed by atoms with Crippen LogP contribution in [0, 0.1) is 5.92 Å². The Morgan fingerprint density at radius 3 is 2.33 bits per heavy atom. The number of amides is 4. The zero-order valence-electron chi connectivity index (χ0n) is 19.5. The normalized spacial score (nSPS) is 18.5. The van der Waals surface area contributed by atoms with Gasteiger partial charge in [-0.15, -0.1) is 0 Å². The number of carbonyl (C=O) groups excluding carboxylic acids is 4. The largest absolute Gasteiger partial charge is 0.480 e. The molecule has 0 spiro atoms. The number of likely N-dealkylation sites (tertiary alicyclic amines) is 1. The van der Waals surface area contributed by atoms with Gasteiger partial charge >= 0.3 is 5.97 Å². The first kappa shape index (κ1) is 28.7. The van der Waals surface area contributed by atoms with Crippen molar-refractivity contribution in [1.29, 1.82) is 0 Å². The number of nitrogens with zero attached hydrogens (tertiary/aromatic N) is 1. The standard InChI is InChI=1S/C21H37N5O6S/c1-12(2)11-15(25-18(28)13(22)8-10-33-3)20(30)26-9-4-5-16(26)19(29)24-14(21(31)32)6-7-17(23)27/h12-16H,4-11,22H2,1-3H3,(H2,23,27)(H,24,29)(H,25,28)(H,31,32). The topological polar surface area (TPSA) is 185 Å². The molecule has 1 fully saturated rings. The van der Waals surface area contributed by atoms with E-state index < -0.39 is 53.8 Å². The molecule has 0 radical (unpaired) electrons. The third-order valence-corrected chi connectivity index (χ3v) is 6.07. The van der Waals surface area contributed by atoms with Crippen LogP contribution in [0.25, 0.3) is 0 Å². The average Bonchev–Trinajstić information content (AvgIpc) is 3.22. The minimum absolute atomic E-state index is 0.0988. The van der Waals surface area contributed by atoms with Crippen LogP contribution >= 0.6 is 11.8 Å². The van der Waals surface area contributed by atoms with Gasteiger partial charge in [0.05, 0.1) is 6.04 Å². The lowest BCUT2D eigenvalue weighted by Crippen LogP contribution is -2.57. The molecule has 0 aromatic heterocycles. The fourth-order valence-corrected chi connectivity index (χ4v) is 4.15. The summed E-state index contributed by atoms with van der Waals surface area (Å²) in [6, 6.07) is -3.72. The Morgan fingerprint density at radius 1 is 1.12 bits per heavy atom. The second-order valence-corrected chi connectivity index (χ2v) is 9.66. The Bertz CT molecular complexity index is 719. The maximum atomic E-state index is 13.3. The molecule has 188 valence electrons. The number of carbonyl (C=O) groups is 5. The van der Waals surface area contributed by atoms with E-state index in [2.05, 4.69) is 10.6 Å². The molecule has 1 rings (SSSR count). The van der Waals surface area contributed by atoms with Gasteiger partial charge in [-0.1, -0.05) is 13.8 Å². The van der Waals surface area contributed by atoms with E-state index in [4.69, 9.17) is 11.5 Å². The molecule has 1 saturated heterocycles. The van der Waals surface area contributed by atoms with Crippen LogP contribution < -0.4 is 22.1 Å². The first-order valence-electron chi connectivity index (χ1n) is 11.1. The molecule has 12 heteroatoms. The number of nitrogens with two attached hydrogens (primary N) is 2. The van der Waals surface area contributed by atoms with E-state index in [9.17, 15) is 29.1 Å². The smallest absolute Gasteiger partial charge is 0.326 e. The summed E-state index contributed by atoms with van der Waals surface area (Å²) in [6.45, 7) is 4.16. The number of rotatable bonds is 14. The molecule has 4 atom stereocenters. The number of nitrogens with one attached hydrogen (secondary N) is 2. The van der Waals surface area contributed by atoms with Crippen molar-refractivity contribution in [3.8, 4) is 0 Å². The molecule has 33 heavy (non-hydrogen) atoms. The number of carboxylic acids is 1. The number of primary amides is 1. The zero-order chi connectivity index (χ0) is 25.1. The van der Waals surface area contributed by atoms with Crippen molar-refractivity contribution in [1.82, 2.24) is 15.5 Å². The highest BCUT2D eigenvalue weighted by molar-refractivity contribution is 7.98. The van der Waals surface area contributed by atoms with Gasteiger partial charge in [-0.25, -0.2) is 4.79 Å².